The highest BCUT2D eigenvalue weighted by atomic mass is 16.5. The van der Waals surface area contributed by atoms with Crippen LogP contribution in [-0.2, 0) is 21.4 Å². The molecule has 7 heteroatoms. The second-order valence-electron chi connectivity index (χ2n) is 9.15. The normalized spacial score (nSPS) is 13.2. The lowest BCUT2D eigenvalue weighted by Gasteiger charge is -2.32. The molecular formula is C27H36N2O5. The monoisotopic (exact) mass is 468 g/mol. The summed E-state index contributed by atoms with van der Waals surface area (Å²) in [6, 6.07) is 11.8. The maximum absolute atomic E-state index is 12.6. The number of anilines is 1. The third-order valence-corrected chi connectivity index (χ3v) is 6.54. The Kier molecular flexibility index (Phi) is 8.42. The van der Waals surface area contributed by atoms with Gasteiger partial charge in [0.2, 0.25) is 5.91 Å². The van der Waals surface area contributed by atoms with Crippen molar-refractivity contribution in [2.24, 2.45) is 0 Å². The van der Waals surface area contributed by atoms with Gasteiger partial charge < -0.3 is 24.4 Å². The SMILES string of the molecule is CCC(C)(C)c1ccc2c(c1)N(CCCC(=O)NCCc1ccc(OC)c(OC)c1)C(=O)CO2. The summed E-state index contributed by atoms with van der Waals surface area (Å²) in [4.78, 5) is 26.7. The van der Waals surface area contributed by atoms with E-state index in [4.69, 9.17) is 14.2 Å². The van der Waals surface area contributed by atoms with Gasteiger partial charge in [-0.25, -0.2) is 0 Å². The molecule has 1 N–H and O–H groups in total. The lowest BCUT2D eigenvalue weighted by Crippen LogP contribution is -2.40. The highest BCUT2D eigenvalue weighted by Crippen LogP contribution is 2.37. The summed E-state index contributed by atoms with van der Waals surface area (Å²) < 4.78 is 16.2. The fourth-order valence-corrected chi connectivity index (χ4v) is 3.94. The summed E-state index contributed by atoms with van der Waals surface area (Å²) >= 11 is 0. The Hall–Kier alpha value is -3.22. The summed E-state index contributed by atoms with van der Waals surface area (Å²) in [6.45, 7) is 7.58. The summed E-state index contributed by atoms with van der Waals surface area (Å²) in [5, 5.41) is 2.96. The molecule has 184 valence electrons. The Morgan fingerprint density at radius 1 is 1.12 bits per heavy atom. The van der Waals surface area contributed by atoms with Crippen LogP contribution >= 0.6 is 0 Å². The van der Waals surface area contributed by atoms with Crippen LogP contribution in [0.2, 0.25) is 0 Å². The number of amides is 2. The molecular weight excluding hydrogens is 432 g/mol. The van der Waals surface area contributed by atoms with Crippen molar-refractivity contribution >= 4 is 17.5 Å². The van der Waals surface area contributed by atoms with Crippen LogP contribution in [0.4, 0.5) is 5.69 Å². The Labute approximate surface area is 202 Å². The summed E-state index contributed by atoms with van der Waals surface area (Å²) in [7, 11) is 3.21. The van der Waals surface area contributed by atoms with E-state index in [2.05, 4.69) is 38.2 Å². The standard InChI is InChI=1S/C27H36N2O5/c1-6-27(2,3)20-10-12-22-21(17-20)29(26(31)18-34-22)15-7-8-25(30)28-14-13-19-9-11-23(32-4)24(16-19)33-5/h9-12,16-17H,6-8,13-15,18H2,1-5H3,(H,28,30). The van der Waals surface area contributed by atoms with Crippen molar-refractivity contribution in [1.82, 2.24) is 5.32 Å². The zero-order valence-corrected chi connectivity index (χ0v) is 20.9. The van der Waals surface area contributed by atoms with Crippen LogP contribution in [0.5, 0.6) is 17.2 Å². The first-order valence-electron chi connectivity index (χ1n) is 11.8. The fourth-order valence-electron chi connectivity index (χ4n) is 3.94. The highest BCUT2D eigenvalue weighted by molar-refractivity contribution is 5.98. The average molecular weight is 469 g/mol. The quantitative estimate of drug-likeness (QED) is 0.533. The first-order valence-corrected chi connectivity index (χ1v) is 11.8. The second-order valence-corrected chi connectivity index (χ2v) is 9.15. The molecule has 0 atom stereocenters. The van der Waals surface area contributed by atoms with E-state index < -0.39 is 0 Å². The second kappa shape index (κ2) is 11.3. The Morgan fingerprint density at radius 3 is 2.59 bits per heavy atom. The number of ether oxygens (including phenoxy) is 3. The van der Waals surface area contributed by atoms with Gasteiger partial charge in [0.25, 0.3) is 5.91 Å². The van der Waals surface area contributed by atoms with Crippen molar-refractivity contribution in [3.63, 3.8) is 0 Å². The number of hydrogen-bond donors (Lipinski definition) is 1. The van der Waals surface area contributed by atoms with Gasteiger partial charge in [0.15, 0.2) is 18.1 Å². The van der Waals surface area contributed by atoms with Gasteiger partial charge in [-0.2, -0.15) is 0 Å². The number of carbonyl (C=O) groups is 2. The predicted molar refractivity (Wildman–Crippen MR) is 133 cm³/mol. The molecule has 1 aliphatic rings. The van der Waals surface area contributed by atoms with E-state index in [0.29, 0.717) is 43.9 Å². The van der Waals surface area contributed by atoms with Crippen LogP contribution in [0.3, 0.4) is 0 Å². The first kappa shape index (κ1) is 25.4. The maximum Gasteiger partial charge on any atom is 0.265 e. The molecule has 1 heterocycles. The highest BCUT2D eigenvalue weighted by Gasteiger charge is 2.28. The van der Waals surface area contributed by atoms with Gasteiger partial charge in [-0.3, -0.25) is 9.59 Å². The number of carbonyl (C=O) groups excluding carboxylic acids is 2. The van der Waals surface area contributed by atoms with Crippen LogP contribution in [0, 0.1) is 0 Å². The molecule has 7 nitrogen and oxygen atoms in total. The summed E-state index contributed by atoms with van der Waals surface area (Å²) in [5.74, 6) is 1.97. The van der Waals surface area contributed by atoms with Crippen molar-refractivity contribution in [1.29, 1.82) is 0 Å². The minimum Gasteiger partial charge on any atom is -0.493 e. The third kappa shape index (κ3) is 6.01. The number of nitrogens with zero attached hydrogens (tertiary/aromatic N) is 1. The molecule has 2 aromatic rings. The Morgan fingerprint density at radius 2 is 1.88 bits per heavy atom. The van der Waals surface area contributed by atoms with Gasteiger partial charge in [-0.1, -0.05) is 32.9 Å². The zero-order valence-electron chi connectivity index (χ0n) is 20.9. The van der Waals surface area contributed by atoms with E-state index in [1.165, 1.54) is 5.56 Å². The van der Waals surface area contributed by atoms with Gasteiger partial charge in [-0.05, 0) is 60.1 Å². The van der Waals surface area contributed by atoms with Crippen LogP contribution in [-0.4, -0.2) is 45.7 Å². The van der Waals surface area contributed by atoms with E-state index in [1.54, 1.807) is 19.1 Å². The molecule has 0 saturated carbocycles. The predicted octanol–water partition coefficient (Wildman–Crippen LogP) is 4.26. The number of hydrogen-bond acceptors (Lipinski definition) is 5. The van der Waals surface area contributed by atoms with E-state index in [0.717, 1.165) is 23.4 Å². The Bertz CT molecular complexity index is 1020. The molecule has 2 amide bonds. The lowest BCUT2D eigenvalue weighted by atomic mass is 9.82. The average Bonchev–Trinajstić information content (AvgIpc) is 2.84. The molecule has 0 fully saturated rings. The number of fused-ring (bicyclic) bond motifs is 1. The topological polar surface area (TPSA) is 77.1 Å². The third-order valence-electron chi connectivity index (χ3n) is 6.54. The summed E-state index contributed by atoms with van der Waals surface area (Å²) in [5.41, 5.74) is 3.03. The van der Waals surface area contributed by atoms with E-state index in [9.17, 15) is 9.59 Å². The minimum absolute atomic E-state index is 0.00891. The van der Waals surface area contributed by atoms with Gasteiger partial charge >= 0.3 is 0 Å². The van der Waals surface area contributed by atoms with E-state index >= 15 is 0 Å². The lowest BCUT2D eigenvalue weighted by molar-refractivity contribution is -0.122. The summed E-state index contributed by atoms with van der Waals surface area (Å²) in [6.07, 6.45) is 2.61. The van der Waals surface area contributed by atoms with Gasteiger partial charge in [0.1, 0.15) is 5.75 Å². The van der Waals surface area contributed by atoms with Crippen molar-refractivity contribution in [3.05, 3.63) is 47.5 Å². The van der Waals surface area contributed by atoms with E-state index in [-0.39, 0.29) is 23.8 Å². The van der Waals surface area contributed by atoms with Crippen molar-refractivity contribution in [2.75, 3.05) is 38.8 Å². The van der Waals surface area contributed by atoms with Crippen LogP contribution < -0.4 is 24.4 Å². The molecule has 0 radical (unpaired) electrons. The van der Waals surface area contributed by atoms with Crippen LogP contribution in [0.1, 0.15) is 51.2 Å². The molecule has 1 aliphatic heterocycles. The molecule has 2 aromatic carbocycles. The van der Waals surface area contributed by atoms with Gasteiger partial charge in [-0.15, -0.1) is 0 Å². The van der Waals surface area contributed by atoms with Crippen LogP contribution in [0.25, 0.3) is 0 Å². The number of benzene rings is 2. The molecule has 0 saturated heterocycles. The zero-order chi connectivity index (χ0) is 24.7. The molecule has 0 unspecified atom stereocenters. The smallest absolute Gasteiger partial charge is 0.265 e. The van der Waals surface area contributed by atoms with Crippen molar-refractivity contribution < 1.29 is 23.8 Å². The number of nitrogens with one attached hydrogen (secondary N) is 1. The van der Waals surface area contributed by atoms with Crippen molar-refractivity contribution in [3.8, 4) is 17.2 Å². The number of rotatable bonds is 11. The fraction of sp³-hybridized carbons (Fsp3) is 0.481. The molecule has 0 bridgehead atoms. The molecule has 34 heavy (non-hydrogen) atoms. The first-order chi connectivity index (χ1) is 16.3. The molecule has 0 spiro atoms. The van der Waals surface area contributed by atoms with Gasteiger partial charge in [0.05, 0.1) is 19.9 Å². The molecule has 0 aromatic heterocycles. The number of methoxy groups -OCH3 is 2. The largest absolute Gasteiger partial charge is 0.493 e. The Balaban J connectivity index is 1.52. The molecule has 0 aliphatic carbocycles. The minimum atomic E-state index is -0.0761. The molecule has 3 rings (SSSR count). The van der Waals surface area contributed by atoms with Gasteiger partial charge in [0, 0.05) is 19.5 Å². The maximum atomic E-state index is 12.6. The van der Waals surface area contributed by atoms with Crippen molar-refractivity contribution in [2.45, 2.75) is 51.9 Å². The van der Waals surface area contributed by atoms with E-state index in [1.807, 2.05) is 24.3 Å². The van der Waals surface area contributed by atoms with Crippen LogP contribution in [0.15, 0.2) is 36.4 Å².